The lowest BCUT2D eigenvalue weighted by atomic mass is 9.90. The third kappa shape index (κ3) is 10.5. The van der Waals surface area contributed by atoms with Gasteiger partial charge in [-0.05, 0) is 24.7 Å². The summed E-state index contributed by atoms with van der Waals surface area (Å²) in [5.41, 5.74) is 0. The third-order valence-electron chi connectivity index (χ3n) is 4.75. The maximum atomic E-state index is 12.0. The Kier molecular flexibility index (Phi) is 13.4. The zero-order chi connectivity index (χ0) is 15.2. The van der Waals surface area contributed by atoms with E-state index >= 15 is 0 Å². The summed E-state index contributed by atoms with van der Waals surface area (Å²) in [7, 11) is 0. The predicted molar refractivity (Wildman–Crippen MR) is 90.1 cm³/mol. The molecule has 0 aromatic heterocycles. The van der Waals surface area contributed by atoms with Crippen LogP contribution in [0, 0.1) is 11.8 Å². The van der Waals surface area contributed by atoms with Gasteiger partial charge in [-0.2, -0.15) is 0 Å². The molecule has 2 atom stereocenters. The van der Waals surface area contributed by atoms with Crippen LogP contribution in [0.15, 0.2) is 0 Å². The van der Waals surface area contributed by atoms with Gasteiger partial charge in [0.05, 0.1) is 0 Å². The highest BCUT2D eigenvalue weighted by Crippen LogP contribution is 2.22. The fourth-order valence-corrected chi connectivity index (χ4v) is 2.95. The summed E-state index contributed by atoms with van der Waals surface area (Å²) in [6, 6.07) is 0. The molecule has 20 heavy (non-hydrogen) atoms. The van der Waals surface area contributed by atoms with Crippen LogP contribution < -0.4 is 0 Å². The molecule has 0 saturated heterocycles. The molecule has 0 unspecified atom stereocenters. The molecule has 0 aromatic rings. The second-order valence-corrected chi connectivity index (χ2v) is 6.45. The van der Waals surface area contributed by atoms with E-state index in [1.54, 1.807) is 0 Å². The molecule has 0 aliphatic rings. The van der Waals surface area contributed by atoms with Gasteiger partial charge < -0.3 is 0 Å². The van der Waals surface area contributed by atoms with Crippen molar-refractivity contribution in [2.45, 2.75) is 105 Å². The summed E-state index contributed by atoms with van der Waals surface area (Å²) in [5, 5.41) is 0. The fourth-order valence-electron chi connectivity index (χ4n) is 2.95. The van der Waals surface area contributed by atoms with E-state index < -0.39 is 0 Å². The number of rotatable bonds is 14. The predicted octanol–water partition coefficient (Wildman–Crippen LogP) is 6.55. The summed E-state index contributed by atoms with van der Waals surface area (Å²) >= 11 is 0. The lowest BCUT2D eigenvalue weighted by molar-refractivity contribution is -0.119. The van der Waals surface area contributed by atoms with Crippen LogP contribution >= 0.6 is 0 Å². The minimum atomic E-state index is 0.509. The SMILES string of the molecule is CCCC[C@H](CC)CCC(=O)CC[C@@H](CC)CCCC. The van der Waals surface area contributed by atoms with E-state index in [1.165, 1.54) is 51.4 Å². The first-order valence-electron chi connectivity index (χ1n) is 9.19. The second kappa shape index (κ2) is 13.6. The highest BCUT2D eigenvalue weighted by Gasteiger charge is 2.12. The van der Waals surface area contributed by atoms with E-state index in [-0.39, 0.29) is 0 Å². The highest BCUT2D eigenvalue weighted by molar-refractivity contribution is 5.78. The van der Waals surface area contributed by atoms with Crippen LogP contribution in [-0.4, -0.2) is 5.78 Å². The normalized spacial score (nSPS) is 14.2. The number of carbonyl (C=O) groups is 1. The first-order chi connectivity index (χ1) is 9.67. The Hall–Kier alpha value is -0.330. The zero-order valence-corrected chi connectivity index (χ0v) is 14.5. The van der Waals surface area contributed by atoms with E-state index in [0.717, 1.165) is 37.5 Å². The summed E-state index contributed by atoms with van der Waals surface area (Å²) in [6.07, 6.45) is 14.2. The molecule has 1 nitrogen and oxygen atoms in total. The van der Waals surface area contributed by atoms with Crippen molar-refractivity contribution in [3.05, 3.63) is 0 Å². The van der Waals surface area contributed by atoms with Gasteiger partial charge in [-0.3, -0.25) is 4.79 Å². The largest absolute Gasteiger partial charge is 0.300 e. The summed E-state index contributed by atoms with van der Waals surface area (Å²) in [6.45, 7) is 9.03. The number of ketones is 1. The van der Waals surface area contributed by atoms with Crippen molar-refractivity contribution in [3.8, 4) is 0 Å². The molecule has 0 radical (unpaired) electrons. The van der Waals surface area contributed by atoms with Gasteiger partial charge in [-0.15, -0.1) is 0 Å². The van der Waals surface area contributed by atoms with E-state index in [1.807, 2.05) is 0 Å². The Morgan fingerprint density at radius 2 is 1.10 bits per heavy atom. The van der Waals surface area contributed by atoms with Crippen LogP contribution in [-0.2, 0) is 4.79 Å². The van der Waals surface area contributed by atoms with Crippen LogP contribution in [0.2, 0.25) is 0 Å². The van der Waals surface area contributed by atoms with Crippen molar-refractivity contribution in [3.63, 3.8) is 0 Å². The molecular formula is C19H38O. The van der Waals surface area contributed by atoms with E-state index in [0.29, 0.717) is 5.78 Å². The average Bonchev–Trinajstić information content (AvgIpc) is 2.47. The van der Waals surface area contributed by atoms with Crippen LogP contribution in [0.1, 0.15) is 105 Å². The minimum absolute atomic E-state index is 0.509. The van der Waals surface area contributed by atoms with Gasteiger partial charge in [0, 0.05) is 12.8 Å². The third-order valence-corrected chi connectivity index (χ3v) is 4.75. The van der Waals surface area contributed by atoms with Crippen molar-refractivity contribution in [1.29, 1.82) is 0 Å². The minimum Gasteiger partial charge on any atom is -0.300 e. The van der Waals surface area contributed by atoms with Gasteiger partial charge in [0.25, 0.3) is 0 Å². The summed E-state index contributed by atoms with van der Waals surface area (Å²) < 4.78 is 0. The Labute approximate surface area is 127 Å². The molecule has 0 saturated carbocycles. The second-order valence-electron chi connectivity index (χ2n) is 6.45. The fraction of sp³-hybridized carbons (Fsp3) is 0.947. The molecule has 0 heterocycles. The zero-order valence-electron chi connectivity index (χ0n) is 14.5. The molecule has 0 rings (SSSR count). The number of carbonyl (C=O) groups excluding carboxylic acids is 1. The lowest BCUT2D eigenvalue weighted by Crippen LogP contribution is -2.07. The lowest BCUT2D eigenvalue weighted by Gasteiger charge is -2.15. The van der Waals surface area contributed by atoms with Crippen LogP contribution in [0.4, 0.5) is 0 Å². The first-order valence-corrected chi connectivity index (χ1v) is 9.19. The number of hydrogen-bond acceptors (Lipinski definition) is 1. The van der Waals surface area contributed by atoms with Crippen LogP contribution in [0.3, 0.4) is 0 Å². The van der Waals surface area contributed by atoms with Gasteiger partial charge in [-0.25, -0.2) is 0 Å². The molecule has 0 spiro atoms. The van der Waals surface area contributed by atoms with E-state index in [9.17, 15) is 4.79 Å². The molecule has 0 aromatic carbocycles. The maximum absolute atomic E-state index is 12.0. The van der Waals surface area contributed by atoms with Crippen molar-refractivity contribution < 1.29 is 4.79 Å². The standard InChI is InChI=1S/C19H38O/c1-5-9-11-17(7-3)13-15-19(20)16-14-18(8-4)12-10-6-2/h17-18H,5-16H2,1-4H3/t17-,18-/m0/s1. The quantitative estimate of drug-likeness (QED) is 0.353. The summed E-state index contributed by atoms with van der Waals surface area (Å²) in [5.74, 6) is 2.07. The summed E-state index contributed by atoms with van der Waals surface area (Å²) in [4.78, 5) is 12.0. The smallest absolute Gasteiger partial charge is 0.132 e. The van der Waals surface area contributed by atoms with Gasteiger partial charge >= 0.3 is 0 Å². The topological polar surface area (TPSA) is 17.1 Å². The first kappa shape index (κ1) is 19.7. The molecular weight excluding hydrogens is 244 g/mol. The van der Waals surface area contributed by atoms with E-state index in [2.05, 4.69) is 27.7 Å². The van der Waals surface area contributed by atoms with E-state index in [4.69, 9.17) is 0 Å². The van der Waals surface area contributed by atoms with Gasteiger partial charge in [0.1, 0.15) is 5.78 Å². The Morgan fingerprint density at radius 3 is 1.40 bits per heavy atom. The molecule has 120 valence electrons. The Morgan fingerprint density at radius 1 is 0.700 bits per heavy atom. The molecule has 0 aliphatic carbocycles. The van der Waals surface area contributed by atoms with Gasteiger partial charge in [0.15, 0.2) is 0 Å². The molecule has 1 heteroatoms. The van der Waals surface area contributed by atoms with Crippen LogP contribution in [0.25, 0.3) is 0 Å². The van der Waals surface area contributed by atoms with Gasteiger partial charge in [-0.1, -0.05) is 79.1 Å². The van der Waals surface area contributed by atoms with Crippen molar-refractivity contribution in [2.24, 2.45) is 11.8 Å². The Balaban J connectivity index is 3.80. The molecule has 0 aliphatic heterocycles. The highest BCUT2D eigenvalue weighted by atomic mass is 16.1. The van der Waals surface area contributed by atoms with Gasteiger partial charge in [0.2, 0.25) is 0 Å². The van der Waals surface area contributed by atoms with Crippen molar-refractivity contribution in [2.75, 3.05) is 0 Å². The number of unbranched alkanes of at least 4 members (excludes halogenated alkanes) is 2. The molecule has 0 N–H and O–H groups in total. The monoisotopic (exact) mass is 282 g/mol. The maximum Gasteiger partial charge on any atom is 0.132 e. The van der Waals surface area contributed by atoms with Crippen LogP contribution in [0.5, 0.6) is 0 Å². The molecule has 0 bridgehead atoms. The van der Waals surface area contributed by atoms with Crippen molar-refractivity contribution >= 4 is 5.78 Å². The Bertz CT molecular complexity index is 200. The number of hydrogen-bond donors (Lipinski definition) is 0. The van der Waals surface area contributed by atoms with Crippen molar-refractivity contribution in [1.82, 2.24) is 0 Å². The number of Topliss-reactive ketones (excluding diaryl/α,β-unsaturated/α-hetero) is 1. The molecule has 0 fully saturated rings. The molecule has 0 amide bonds. The average molecular weight is 283 g/mol.